The molecule has 2 heterocycles. The van der Waals surface area contributed by atoms with Gasteiger partial charge in [-0.2, -0.15) is 0 Å². The van der Waals surface area contributed by atoms with Gasteiger partial charge in [-0.3, -0.25) is 9.78 Å². The Balaban J connectivity index is 0.00000182. The third-order valence-corrected chi connectivity index (χ3v) is 5.12. The number of carbonyl (C=O) groups excluding carboxylic acids is 1. The molecule has 6 heteroatoms. The van der Waals surface area contributed by atoms with E-state index in [1.165, 1.54) is 12.8 Å². The van der Waals surface area contributed by atoms with E-state index in [0.29, 0.717) is 18.3 Å². The van der Waals surface area contributed by atoms with Gasteiger partial charge in [0.25, 0.3) is 0 Å². The molecule has 2 aromatic rings. The number of carbonyl (C=O) groups is 1. The molecule has 1 aliphatic heterocycles. The zero-order valence-corrected chi connectivity index (χ0v) is 17.3. The van der Waals surface area contributed by atoms with Crippen molar-refractivity contribution in [3.05, 3.63) is 66.0 Å². The molecule has 3 rings (SSSR count). The first-order valence-corrected chi connectivity index (χ1v) is 9.19. The Kier molecular flexibility index (Phi) is 10.4. The van der Waals surface area contributed by atoms with Crippen LogP contribution >= 0.6 is 24.8 Å². The summed E-state index contributed by atoms with van der Waals surface area (Å²) in [4.78, 5) is 16.8. The number of pyridine rings is 1. The van der Waals surface area contributed by atoms with Crippen molar-refractivity contribution in [3.8, 4) is 0 Å². The van der Waals surface area contributed by atoms with Crippen LogP contribution in [-0.4, -0.2) is 24.0 Å². The summed E-state index contributed by atoms with van der Waals surface area (Å²) in [6.07, 6.45) is 6.54. The molecule has 1 fully saturated rings. The second-order valence-electron chi connectivity index (χ2n) is 6.98. The van der Waals surface area contributed by atoms with Crippen molar-refractivity contribution in [3.63, 3.8) is 0 Å². The molecule has 1 aromatic heterocycles. The Morgan fingerprint density at radius 2 is 1.81 bits per heavy atom. The third kappa shape index (κ3) is 6.80. The normalized spacial score (nSPS) is 18.3. The molecule has 1 aliphatic rings. The van der Waals surface area contributed by atoms with Gasteiger partial charge in [0.1, 0.15) is 0 Å². The minimum absolute atomic E-state index is 0. The van der Waals surface area contributed by atoms with Crippen molar-refractivity contribution in [1.29, 1.82) is 0 Å². The van der Waals surface area contributed by atoms with Crippen LogP contribution in [0.25, 0.3) is 0 Å². The second-order valence-corrected chi connectivity index (χ2v) is 6.98. The molecular weight excluding hydrogens is 381 g/mol. The number of hydrogen-bond acceptors (Lipinski definition) is 3. The standard InChI is InChI=1S/C21H27N3O.2ClH/c1-16(19-8-5-11-23-15-19)14-20(25)24-21(17-6-3-2-4-7-17)18-9-12-22-13-10-18;;/h2-4,6-7,9-10,12-13,16,19,21,23H,5,8,11,14-15H2,1H3,(H,24,25);2*1H. The van der Waals surface area contributed by atoms with Crippen LogP contribution in [0.4, 0.5) is 0 Å². The van der Waals surface area contributed by atoms with Crippen LogP contribution in [0.3, 0.4) is 0 Å². The molecule has 148 valence electrons. The Hall–Kier alpha value is -1.62. The molecule has 0 aliphatic carbocycles. The van der Waals surface area contributed by atoms with Crippen LogP contribution in [0.2, 0.25) is 0 Å². The predicted octanol–water partition coefficient (Wildman–Crippen LogP) is 4.16. The average Bonchev–Trinajstić information content (AvgIpc) is 2.68. The summed E-state index contributed by atoms with van der Waals surface area (Å²) in [5, 5.41) is 6.68. The van der Waals surface area contributed by atoms with E-state index < -0.39 is 0 Å². The quantitative estimate of drug-likeness (QED) is 0.752. The van der Waals surface area contributed by atoms with Gasteiger partial charge in [-0.1, -0.05) is 37.3 Å². The second kappa shape index (κ2) is 12.0. The lowest BCUT2D eigenvalue weighted by atomic mass is 9.85. The Morgan fingerprint density at radius 3 is 2.44 bits per heavy atom. The van der Waals surface area contributed by atoms with Crippen LogP contribution in [0.5, 0.6) is 0 Å². The van der Waals surface area contributed by atoms with Gasteiger partial charge >= 0.3 is 0 Å². The number of amides is 1. The fourth-order valence-electron chi connectivity index (χ4n) is 3.60. The molecule has 0 radical (unpaired) electrons. The number of piperidine rings is 1. The first kappa shape index (κ1) is 23.4. The van der Waals surface area contributed by atoms with Crippen molar-refractivity contribution >= 4 is 30.7 Å². The number of hydrogen-bond donors (Lipinski definition) is 2. The van der Waals surface area contributed by atoms with Gasteiger partial charge in [0, 0.05) is 18.8 Å². The van der Waals surface area contributed by atoms with E-state index in [0.717, 1.165) is 24.2 Å². The molecule has 1 saturated heterocycles. The Morgan fingerprint density at radius 1 is 1.15 bits per heavy atom. The highest BCUT2D eigenvalue weighted by atomic mass is 35.5. The van der Waals surface area contributed by atoms with E-state index in [4.69, 9.17) is 0 Å². The molecule has 2 N–H and O–H groups in total. The minimum Gasteiger partial charge on any atom is -0.345 e. The number of aromatic nitrogens is 1. The van der Waals surface area contributed by atoms with Crippen LogP contribution in [0, 0.1) is 11.8 Å². The smallest absolute Gasteiger partial charge is 0.221 e. The van der Waals surface area contributed by atoms with Crippen molar-refractivity contribution in [2.45, 2.75) is 32.2 Å². The zero-order chi connectivity index (χ0) is 17.5. The van der Waals surface area contributed by atoms with Gasteiger partial charge in [-0.05, 0) is 61.0 Å². The van der Waals surface area contributed by atoms with E-state index in [1.807, 2.05) is 30.3 Å². The molecule has 27 heavy (non-hydrogen) atoms. The molecule has 0 saturated carbocycles. The highest BCUT2D eigenvalue weighted by Gasteiger charge is 2.24. The highest BCUT2D eigenvalue weighted by molar-refractivity contribution is 5.85. The van der Waals surface area contributed by atoms with Crippen molar-refractivity contribution in [1.82, 2.24) is 15.6 Å². The number of halogens is 2. The van der Waals surface area contributed by atoms with Crippen LogP contribution in [0.15, 0.2) is 54.9 Å². The maximum Gasteiger partial charge on any atom is 0.221 e. The average molecular weight is 410 g/mol. The number of nitrogens with one attached hydrogen (secondary N) is 2. The summed E-state index contributed by atoms with van der Waals surface area (Å²) in [6, 6.07) is 13.9. The third-order valence-electron chi connectivity index (χ3n) is 5.12. The van der Waals surface area contributed by atoms with Gasteiger partial charge < -0.3 is 10.6 Å². The molecule has 1 amide bonds. The van der Waals surface area contributed by atoms with Crippen molar-refractivity contribution in [2.24, 2.45) is 11.8 Å². The number of nitrogens with zero attached hydrogens (tertiary/aromatic N) is 1. The molecular formula is C21H29Cl2N3O. The molecule has 0 bridgehead atoms. The van der Waals surface area contributed by atoms with Crippen LogP contribution in [-0.2, 0) is 4.79 Å². The lowest BCUT2D eigenvalue weighted by molar-refractivity contribution is -0.122. The lowest BCUT2D eigenvalue weighted by Crippen LogP contribution is -2.36. The van der Waals surface area contributed by atoms with Gasteiger partial charge in [0.15, 0.2) is 0 Å². The van der Waals surface area contributed by atoms with E-state index in [9.17, 15) is 4.79 Å². The monoisotopic (exact) mass is 409 g/mol. The largest absolute Gasteiger partial charge is 0.345 e. The molecule has 1 aromatic carbocycles. The van der Waals surface area contributed by atoms with Gasteiger partial charge in [-0.15, -0.1) is 24.8 Å². The number of benzene rings is 1. The zero-order valence-electron chi connectivity index (χ0n) is 15.6. The van der Waals surface area contributed by atoms with Gasteiger partial charge in [0.05, 0.1) is 6.04 Å². The van der Waals surface area contributed by atoms with Crippen LogP contribution in [0.1, 0.15) is 43.4 Å². The topological polar surface area (TPSA) is 54.0 Å². The first-order chi connectivity index (χ1) is 12.2. The van der Waals surface area contributed by atoms with E-state index in [2.05, 4.69) is 34.7 Å². The molecule has 0 spiro atoms. The Bertz CT molecular complexity index is 624. The summed E-state index contributed by atoms with van der Waals surface area (Å²) in [7, 11) is 0. The fraction of sp³-hybridized carbons (Fsp3) is 0.429. The van der Waals surface area contributed by atoms with E-state index >= 15 is 0 Å². The maximum absolute atomic E-state index is 12.7. The predicted molar refractivity (Wildman–Crippen MR) is 115 cm³/mol. The van der Waals surface area contributed by atoms with Crippen molar-refractivity contribution < 1.29 is 4.79 Å². The summed E-state index contributed by atoms with van der Waals surface area (Å²) >= 11 is 0. The summed E-state index contributed by atoms with van der Waals surface area (Å²) in [5.41, 5.74) is 2.15. The van der Waals surface area contributed by atoms with Crippen LogP contribution < -0.4 is 10.6 Å². The van der Waals surface area contributed by atoms with Gasteiger partial charge in [0.2, 0.25) is 5.91 Å². The summed E-state index contributed by atoms with van der Waals surface area (Å²) < 4.78 is 0. The SMILES string of the molecule is CC(CC(=O)NC(c1ccccc1)c1ccncc1)C1CCCNC1.Cl.Cl. The minimum atomic E-state index is -0.131. The summed E-state index contributed by atoms with van der Waals surface area (Å²) in [6.45, 7) is 4.33. The first-order valence-electron chi connectivity index (χ1n) is 9.19. The fourth-order valence-corrected chi connectivity index (χ4v) is 3.60. The van der Waals surface area contributed by atoms with Gasteiger partial charge in [-0.25, -0.2) is 0 Å². The summed E-state index contributed by atoms with van der Waals surface area (Å²) in [5.74, 6) is 1.10. The number of rotatable bonds is 6. The molecule has 4 nitrogen and oxygen atoms in total. The maximum atomic E-state index is 12.7. The highest BCUT2D eigenvalue weighted by Crippen LogP contribution is 2.25. The van der Waals surface area contributed by atoms with E-state index in [-0.39, 0.29) is 36.8 Å². The molecule has 3 unspecified atom stereocenters. The Labute approximate surface area is 174 Å². The van der Waals surface area contributed by atoms with Crippen molar-refractivity contribution in [2.75, 3.05) is 13.1 Å². The lowest BCUT2D eigenvalue weighted by Gasteiger charge is -2.28. The van der Waals surface area contributed by atoms with E-state index in [1.54, 1.807) is 12.4 Å². The molecule has 3 atom stereocenters.